The summed E-state index contributed by atoms with van der Waals surface area (Å²) in [6, 6.07) is 17.9. The first-order valence-electron chi connectivity index (χ1n) is 10.6. The second-order valence-corrected chi connectivity index (χ2v) is 10.1. The lowest BCUT2D eigenvalue weighted by molar-refractivity contribution is -0.117. The molecule has 0 bridgehead atoms. The Morgan fingerprint density at radius 1 is 0.812 bits per heavy atom. The van der Waals surface area contributed by atoms with Crippen molar-refractivity contribution in [3.63, 3.8) is 0 Å². The van der Waals surface area contributed by atoms with Crippen LogP contribution >= 0.6 is 0 Å². The Hall–Kier alpha value is -2.96. The molecule has 0 heterocycles. The van der Waals surface area contributed by atoms with E-state index in [-0.39, 0.29) is 11.3 Å². The molecular weight excluding hydrogens is 420 g/mol. The van der Waals surface area contributed by atoms with Gasteiger partial charge in [-0.3, -0.25) is 4.79 Å². The van der Waals surface area contributed by atoms with Crippen LogP contribution in [0.25, 0.3) is 0 Å². The van der Waals surface area contributed by atoms with Crippen LogP contribution in [0.1, 0.15) is 33.4 Å². The fourth-order valence-corrected chi connectivity index (χ4v) is 5.80. The number of carbonyl (C=O) groups excluding carboxylic acids is 1. The topological polar surface area (TPSA) is 75.3 Å². The third-order valence-corrected chi connectivity index (χ3v) is 7.04. The van der Waals surface area contributed by atoms with Crippen molar-refractivity contribution >= 4 is 21.6 Å². The van der Waals surface area contributed by atoms with Gasteiger partial charge in [-0.25, -0.2) is 8.42 Å². The van der Waals surface area contributed by atoms with Gasteiger partial charge in [-0.15, -0.1) is 0 Å². The van der Waals surface area contributed by atoms with Crippen LogP contribution in [-0.4, -0.2) is 20.4 Å². The zero-order chi connectivity index (χ0) is 23.5. The molecular formula is C26H30N2O3S. The number of aryl methyl sites for hydroxylation is 5. The van der Waals surface area contributed by atoms with Gasteiger partial charge in [0.05, 0.1) is 4.90 Å². The second-order valence-electron chi connectivity index (χ2n) is 8.46. The fourth-order valence-electron chi connectivity index (χ4n) is 4.15. The average molecular weight is 451 g/mol. The largest absolute Gasteiger partial charge is 0.325 e. The van der Waals surface area contributed by atoms with Crippen molar-refractivity contribution in [3.8, 4) is 0 Å². The number of nitrogens with one attached hydrogen (secondary N) is 2. The number of rotatable bonds is 7. The molecule has 0 saturated heterocycles. The molecule has 32 heavy (non-hydrogen) atoms. The summed E-state index contributed by atoms with van der Waals surface area (Å²) in [5.74, 6) is -0.398. The molecule has 0 aliphatic carbocycles. The Bertz CT molecular complexity index is 1190. The van der Waals surface area contributed by atoms with Crippen molar-refractivity contribution in [2.45, 2.75) is 52.0 Å². The van der Waals surface area contributed by atoms with E-state index in [1.807, 2.05) is 81.4 Å². The van der Waals surface area contributed by atoms with Crippen LogP contribution in [0, 0.1) is 34.6 Å². The van der Waals surface area contributed by atoms with Crippen LogP contribution in [0.4, 0.5) is 5.69 Å². The van der Waals surface area contributed by atoms with Gasteiger partial charge >= 0.3 is 0 Å². The van der Waals surface area contributed by atoms with E-state index in [0.29, 0.717) is 16.8 Å². The third-order valence-electron chi connectivity index (χ3n) is 5.26. The minimum Gasteiger partial charge on any atom is -0.325 e. The highest BCUT2D eigenvalue weighted by Gasteiger charge is 2.28. The molecule has 3 rings (SSSR count). The summed E-state index contributed by atoms with van der Waals surface area (Å²) in [6.45, 7) is 9.39. The molecule has 0 aliphatic heterocycles. The van der Waals surface area contributed by atoms with E-state index in [4.69, 9.17) is 0 Å². The fraction of sp³-hybridized carbons (Fsp3) is 0.269. The lowest BCUT2D eigenvalue weighted by Crippen LogP contribution is -2.45. The number of hydrogen-bond acceptors (Lipinski definition) is 3. The van der Waals surface area contributed by atoms with Gasteiger partial charge in [0.1, 0.15) is 6.04 Å². The predicted octanol–water partition coefficient (Wildman–Crippen LogP) is 4.76. The van der Waals surface area contributed by atoms with Crippen LogP contribution in [0.3, 0.4) is 0 Å². The number of benzene rings is 3. The highest BCUT2D eigenvalue weighted by molar-refractivity contribution is 7.89. The summed E-state index contributed by atoms with van der Waals surface area (Å²) in [6.07, 6.45) is 0.237. The van der Waals surface area contributed by atoms with E-state index in [0.717, 1.165) is 22.3 Å². The van der Waals surface area contributed by atoms with Crippen molar-refractivity contribution < 1.29 is 13.2 Å². The van der Waals surface area contributed by atoms with Gasteiger partial charge < -0.3 is 5.32 Å². The van der Waals surface area contributed by atoms with Crippen molar-refractivity contribution in [3.05, 3.63) is 94.0 Å². The maximum Gasteiger partial charge on any atom is 0.242 e. The molecule has 0 spiro atoms. The summed E-state index contributed by atoms with van der Waals surface area (Å²) in [5.41, 5.74) is 5.86. The highest BCUT2D eigenvalue weighted by atomic mass is 32.2. The van der Waals surface area contributed by atoms with Gasteiger partial charge in [0.25, 0.3) is 0 Å². The number of carbonyl (C=O) groups is 1. The van der Waals surface area contributed by atoms with E-state index in [1.54, 1.807) is 13.8 Å². The molecule has 0 fully saturated rings. The molecule has 0 unspecified atom stereocenters. The molecule has 168 valence electrons. The first-order valence-corrected chi connectivity index (χ1v) is 12.1. The average Bonchev–Trinajstić information content (AvgIpc) is 2.66. The minimum atomic E-state index is -3.92. The monoisotopic (exact) mass is 450 g/mol. The molecule has 3 aromatic rings. The maximum atomic E-state index is 13.4. The molecule has 0 aliphatic rings. The summed E-state index contributed by atoms with van der Waals surface area (Å²) in [5, 5.41) is 2.89. The van der Waals surface area contributed by atoms with E-state index in [9.17, 15) is 13.2 Å². The Morgan fingerprint density at radius 2 is 1.34 bits per heavy atom. The van der Waals surface area contributed by atoms with Crippen LogP contribution in [-0.2, 0) is 21.2 Å². The molecule has 1 atom stereocenters. The van der Waals surface area contributed by atoms with E-state index in [2.05, 4.69) is 10.0 Å². The summed E-state index contributed by atoms with van der Waals surface area (Å²) >= 11 is 0. The number of hydrogen-bond donors (Lipinski definition) is 2. The Morgan fingerprint density at radius 3 is 1.91 bits per heavy atom. The highest BCUT2D eigenvalue weighted by Crippen LogP contribution is 2.23. The Balaban J connectivity index is 1.94. The van der Waals surface area contributed by atoms with Crippen molar-refractivity contribution in [1.82, 2.24) is 4.72 Å². The molecule has 1 amide bonds. The summed E-state index contributed by atoms with van der Waals surface area (Å²) in [4.78, 5) is 13.5. The quantitative estimate of drug-likeness (QED) is 0.545. The molecule has 0 saturated carbocycles. The van der Waals surface area contributed by atoms with Gasteiger partial charge in [-0.05, 0) is 81.0 Å². The van der Waals surface area contributed by atoms with Gasteiger partial charge in [0.15, 0.2) is 0 Å². The maximum absolute atomic E-state index is 13.4. The minimum absolute atomic E-state index is 0.223. The smallest absolute Gasteiger partial charge is 0.242 e. The molecule has 0 radical (unpaired) electrons. The zero-order valence-electron chi connectivity index (χ0n) is 19.2. The number of amides is 1. The van der Waals surface area contributed by atoms with Gasteiger partial charge in [0, 0.05) is 5.69 Å². The number of anilines is 1. The van der Waals surface area contributed by atoms with E-state index < -0.39 is 22.0 Å². The summed E-state index contributed by atoms with van der Waals surface area (Å²) in [7, 11) is -3.92. The van der Waals surface area contributed by atoms with Crippen molar-refractivity contribution in [2.75, 3.05) is 5.32 Å². The van der Waals surface area contributed by atoms with E-state index >= 15 is 0 Å². The predicted molar refractivity (Wildman–Crippen MR) is 129 cm³/mol. The lowest BCUT2D eigenvalue weighted by atomic mass is 10.1. The molecule has 0 aromatic heterocycles. The van der Waals surface area contributed by atoms with E-state index in [1.165, 1.54) is 0 Å². The van der Waals surface area contributed by atoms with Crippen LogP contribution < -0.4 is 10.0 Å². The van der Waals surface area contributed by atoms with Gasteiger partial charge in [-0.1, -0.05) is 54.1 Å². The van der Waals surface area contributed by atoms with Gasteiger partial charge in [0.2, 0.25) is 15.9 Å². The van der Waals surface area contributed by atoms with Crippen LogP contribution in [0.5, 0.6) is 0 Å². The lowest BCUT2D eigenvalue weighted by Gasteiger charge is -2.21. The normalized spacial score (nSPS) is 12.4. The Kier molecular flexibility index (Phi) is 7.16. The standard InChI is InChI=1S/C26H30N2O3S/c1-17-11-18(2)15-23(14-17)27-26(29)24(16-22-9-7-6-8-10-22)28-32(30,31)25-20(4)12-19(3)13-21(25)5/h6-15,24,28H,16H2,1-5H3,(H,27,29)/t24-/m0/s1. The first kappa shape index (κ1) is 23.7. The molecule has 6 heteroatoms. The van der Waals surface area contributed by atoms with Crippen molar-refractivity contribution in [2.24, 2.45) is 0 Å². The molecule has 2 N–H and O–H groups in total. The van der Waals surface area contributed by atoms with Crippen LogP contribution in [0.15, 0.2) is 65.6 Å². The molecule has 5 nitrogen and oxygen atoms in total. The zero-order valence-corrected chi connectivity index (χ0v) is 20.0. The second kappa shape index (κ2) is 9.67. The number of sulfonamides is 1. The first-order chi connectivity index (χ1) is 15.0. The Labute approximate surface area is 190 Å². The molecule has 3 aromatic carbocycles. The van der Waals surface area contributed by atoms with Crippen LogP contribution in [0.2, 0.25) is 0 Å². The third kappa shape index (κ3) is 5.84. The van der Waals surface area contributed by atoms with Crippen molar-refractivity contribution in [1.29, 1.82) is 0 Å². The SMILES string of the molecule is Cc1cc(C)cc(NC(=O)[C@H](Cc2ccccc2)NS(=O)(=O)c2c(C)cc(C)cc2C)c1. The summed E-state index contributed by atoms with van der Waals surface area (Å²) < 4.78 is 29.4. The van der Waals surface area contributed by atoms with Gasteiger partial charge in [-0.2, -0.15) is 4.72 Å².